The molecule has 0 amide bonds. The van der Waals surface area contributed by atoms with E-state index in [1.807, 2.05) is 6.92 Å². The van der Waals surface area contributed by atoms with Gasteiger partial charge in [-0.25, -0.2) is 4.99 Å². The van der Waals surface area contributed by atoms with Crippen LogP contribution in [-0.2, 0) is 9.47 Å². The SMILES string of the molecule is CCC(=C/OCC(F)(F)F)/N=C(\NC)C1CCOCC1. The molecule has 1 rings (SSSR count). The van der Waals surface area contributed by atoms with E-state index in [9.17, 15) is 13.2 Å². The lowest BCUT2D eigenvalue weighted by molar-refractivity contribution is -0.161. The standard InChI is InChI=1S/C13H21F3N2O2/c1-3-11(8-20-9-13(14,15)16)18-12(17-2)10-4-6-19-7-5-10/h8,10H,3-7,9H2,1-2H3,(H,17,18)/b11-8-. The minimum absolute atomic E-state index is 0.256. The van der Waals surface area contributed by atoms with E-state index in [2.05, 4.69) is 15.0 Å². The van der Waals surface area contributed by atoms with Gasteiger partial charge in [0.2, 0.25) is 0 Å². The van der Waals surface area contributed by atoms with Gasteiger partial charge in [-0.15, -0.1) is 0 Å². The Morgan fingerprint density at radius 1 is 1.40 bits per heavy atom. The van der Waals surface area contributed by atoms with E-state index in [0.717, 1.165) is 24.9 Å². The van der Waals surface area contributed by atoms with Gasteiger partial charge in [-0.3, -0.25) is 0 Å². The molecule has 116 valence electrons. The predicted octanol–water partition coefficient (Wildman–Crippen LogP) is 2.86. The Labute approximate surface area is 117 Å². The number of nitrogens with zero attached hydrogens (tertiary/aromatic N) is 1. The molecule has 1 aliphatic heterocycles. The molecule has 0 spiro atoms. The van der Waals surface area contributed by atoms with Crippen LogP contribution in [0, 0.1) is 5.92 Å². The Morgan fingerprint density at radius 3 is 2.55 bits per heavy atom. The normalized spacial score (nSPS) is 19.1. The molecule has 0 bridgehead atoms. The number of ether oxygens (including phenoxy) is 2. The van der Waals surface area contributed by atoms with Crippen molar-refractivity contribution in [1.82, 2.24) is 5.32 Å². The fourth-order valence-corrected chi connectivity index (χ4v) is 1.90. The molecule has 0 unspecified atom stereocenters. The molecule has 0 aromatic rings. The van der Waals surface area contributed by atoms with Gasteiger partial charge in [0, 0.05) is 26.2 Å². The largest absolute Gasteiger partial charge is 0.490 e. The first-order valence-electron chi connectivity index (χ1n) is 6.67. The zero-order valence-corrected chi connectivity index (χ0v) is 11.8. The summed E-state index contributed by atoms with van der Waals surface area (Å²) in [5.41, 5.74) is 0.491. The van der Waals surface area contributed by atoms with Crippen molar-refractivity contribution in [3.05, 3.63) is 12.0 Å². The maximum atomic E-state index is 12.0. The summed E-state index contributed by atoms with van der Waals surface area (Å²) in [6.45, 7) is 1.89. The third kappa shape index (κ3) is 6.27. The van der Waals surface area contributed by atoms with Crippen LogP contribution < -0.4 is 5.32 Å². The maximum Gasteiger partial charge on any atom is 0.422 e. The number of hydrogen-bond donors (Lipinski definition) is 1. The lowest BCUT2D eigenvalue weighted by atomic mass is 9.99. The van der Waals surface area contributed by atoms with Crippen molar-refractivity contribution in [2.45, 2.75) is 32.4 Å². The highest BCUT2D eigenvalue weighted by molar-refractivity contribution is 5.85. The van der Waals surface area contributed by atoms with Crippen molar-refractivity contribution in [2.75, 3.05) is 26.9 Å². The summed E-state index contributed by atoms with van der Waals surface area (Å²) >= 11 is 0. The Kier molecular flexibility index (Phi) is 6.84. The number of rotatable bonds is 5. The first kappa shape index (κ1) is 16.8. The number of alkyl halides is 3. The first-order chi connectivity index (χ1) is 9.46. The molecule has 4 nitrogen and oxygen atoms in total. The molecular formula is C13H21F3N2O2. The van der Waals surface area contributed by atoms with Crippen molar-refractivity contribution in [3.8, 4) is 0 Å². The second kappa shape index (κ2) is 8.14. The van der Waals surface area contributed by atoms with E-state index >= 15 is 0 Å². The molecule has 7 heteroatoms. The van der Waals surface area contributed by atoms with Crippen molar-refractivity contribution in [3.63, 3.8) is 0 Å². The quantitative estimate of drug-likeness (QED) is 0.482. The van der Waals surface area contributed by atoms with Gasteiger partial charge in [0.05, 0.1) is 5.70 Å². The second-order valence-electron chi connectivity index (χ2n) is 4.52. The third-order valence-corrected chi connectivity index (χ3v) is 2.96. The molecule has 0 aromatic carbocycles. The Bertz CT molecular complexity index is 348. The summed E-state index contributed by atoms with van der Waals surface area (Å²) in [6, 6.07) is 0. The van der Waals surface area contributed by atoms with Crippen LogP contribution in [0.2, 0.25) is 0 Å². The molecule has 1 aliphatic rings. The van der Waals surface area contributed by atoms with Crippen LogP contribution in [0.4, 0.5) is 13.2 Å². The summed E-state index contributed by atoms with van der Waals surface area (Å²) in [5.74, 6) is 1.03. The van der Waals surface area contributed by atoms with Crippen molar-refractivity contribution in [2.24, 2.45) is 10.9 Å². The predicted molar refractivity (Wildman–Crippen MR) is 70.4 cm³/mol. The van der Waals surface area contributed by atoms with Crippen LogP contribution in [0.25, 0.3) is 0 Å². The van der Waals surface area contributed by atoms with E-state index in [0.29, 0.717) is 25.3 Å². The van der Waals surface area contributed by atoms with Crippen LogP contribution >= 0.6 is 0 Å². The van der Waals surface area contributed by atoms with Gasteiger partial charge in [0.15, 0.2) is 6.61 Å². The Balaban J connectivity index is 2.66. The molecular weight excluding hydrogens is 273 g/mol. The van der Waals surface area contributed by atoms with Crippen LogP contribution in [-0.4, -0.2) is 38.9 Å². The Morgan fingerprint density at radius 2 is 2.05 bits per heavy atom. The highest BCUT2D eigenvalue weighted by atomic mass is 19.4. The number of halogens is 3. The van der Waals surface area contributed by atoms with Crippen LogP contribution in [0.5, 0.6) is 0 Å². The monoisotopic (exact) mass is 294 g/mol. The number of amidine groups is 1. The van der Waals surface area contributed by atoms with Crippen molar-refractivity contribution in [1.29, 1.82) is 0 Å². The van der Waals surface area contributed by atoms with Gasteiger partial charge in [-0.2, -0.15) is 13.2 Å². The van der Waals surface area contributed by atoms with Crippen LogP contribution in [0.1, 0.15) is 26.2 Å². The third-order valence-electron chi connectivity index (χ3n) is 2.96. The lowest BCUT2D eigenvalue weighted by Crippen LogP contribution is -2.32. The fraction of sp³-hybridized carbons (Fsp3) is 0.769. The van der Waals surface area contributed by atoms with Crippen LogP contribution in [0.15, 0.2) is 17.0 Å². The minimum atomic E-state index is -4.33. The minimum Gasteiger partial charge on any atom is -0.490 e. The summed E-state index contributed by atoms with van der Waals surface area (Å²) in [4.78, 5) is 4.38. The summed E-state index contributed by atoms with van der Waals surface area (Å²) in [5, 5.41) is 3.02. The number of nitrogens with one attached hydrogen (secondary N) is 1. The van der Waals surface area contributed by atoms with Gasteiger partial charge < -0.3 is 14.8 Å². The van der Waals surface area contributed by atoms with E-state index in [4.69, 9.17) is 4.74 Å². The molecule has 0 atom stereocenters. The zero-order chi connectivity index (χ0) is 15.0. The number of hydrogen-bond acceptors (Lipinski definition) is 3. The zero-order valence-electron chi connectivity index (χ0n) is 11.8. The smallest absolute Gasteiger partial charge is 0.422 e. The molecule has 1 N–H and O–H groups in total. The average molecular weight is 294 g/mol. The van der Waals surface area contributed by atoms with Gasteiger partial charge in [0.25, 0.3) is 0 Å². The van der Waals surface area contributed by atoms with Gasteiger partial charge in [-0.05, 0) is 19.3 Å². The number of aliphatic imine (C=N–C) groups is 1. The fourth-order valence-electron chi connectivity index (χ4n) is 1.90. The molecule has 0 aromatic heterocycles. The molecule has 1 fully saturated rings. The summed E-state index contributed by atoms with van der Waals surface area (Å²) in [7, 11) is 1.76. The highest BCUT2D eigenvalue weighted by Crippen LogP contribution is 2.18. The van der Waals surface area contributed by atoms with Crippen LogP contribution in [0.3, 0.4) is 0 Å². The second-order valence-corrected chi connectivity index (χ2v) is 4.52. The number of allylic oxidation sites excluding steroid dienone is 1. The van der Waals surface area contributed by atoms with Gasteiger partial charge >= 0.3 is 6.18 Å². The van der Waals surface area contributed by atoms with Crippen molar-refractivity contribution >= 4 is 5.84 Å². The molecule has 1 saturated heterocycles. The van der Waals surface area contributed by atoms with Gasteiger partial charge in [0.1, 0.15) is 12.1 Å². The highest BCUT2D eigenvalue weighted by Gasteiger charge is 2.27. The van der Waals surface area contributed by atoms with E-state index in [-0.39, 0.29) is 5.92 Å². The van der Waals surface area contributed by atoms with Gasteiger partial charge in [-0.1, -0.05) is 6.92 Å². The molecule has 0 radical (unpaired) electrons. The average Bonchev–Trinajstić information content (AvgIpc) is 2.42. The molecule has 0 aliphatic carbocycles. The summed E-state index contributed by atoms with van der Waals surface area (Å²) < 4.78 is 45.9. The van der Waals surface area contributed by atoms with E-state index < -0.39 is 12.8 Å². The molecule has 20 heavy (non-hydrogen) atoms. The van der Waals surface area contributed by atoms with Crippen molar-refractivity contribution < 1.29 is 22.6 Å². The maximum absolute atomic E-state index is 12.0. The van der Waals surface area contributed by atoms with E-state index in [1.54, 1.807) is 7.05 Å². The summed E-state index contributed by atoms with van der Waals surface area (Å²) in [6.07, 6.45) is -1.01. The lowest BCUT2D eigenvalue weighted by Gasteiger charge is -2.23. The molecule has 0 saturated carbocycles. The van der Waals surface area contributed by atoms with E-state index in [1.165, 1.54) is 0 Å². The Hall–Kier alpha value is -1.24. The first-order valence-corrected chi connectivity index (χ1v) is 6.67. The molecule has 1 heterocycles. The topological polar surface area (TPSA) is 42.8 Å².